The first-order valence-corrected chi connectivity index (χ1v) is 8.85. The number of hydrogen-bond donors (Lipinski definition) is 1. The molecule has 0 bridgehead atoms. The number of benzene rings is 1. The summed E-state index contributed by atoms with van der Waals surface area (Å²) in [6, 6.07) is 13.1. The summed E-state index contributed by atoms with van der Waals surface area (Å²) in [7, 11) is 0. The fourth-order valence-electron chi connectivity index (χ4n) is 2.29. The van der Waals surface area contributed by atoms with Gasteiger partial charge in [-0.15, -0.1) is 11.3 Å². The van der Waals surface area contributed by atoms with Crippen LogP contribution < -0.4 is 5.32 Å². The third-order valence-corrected chi connectivity index (χ3v) is 5.97. The molecule has 2 atom stereocenters. The lowest BCUT2D eigenvalue weighted by Gasteiger charge is -2.24. The van der Waals surface area contributed by atoms with E-state index in [0.717, 1.165) is 21.8 Å². The van der Waals surface area contributed by atoms with Crippen molar-refractivity contribution in [1.29, 1.82) is 0 Å². The minimum Gasteiger partial charge on any atom is -0.309 e. The van der Waals surface area contributed by atoms with Crippen LogP contribution in [0.2, 0.25) is 4.34 Å². The van der Waals surface area contributed by atoms with Crippen molar-refractivity contribution >= 4 is 38.9 Å². The maximum absolute atomic E-state index is 6.20. The Morgan fingerprint density at radius 1 is 1.30 bits per heavy atom. The molecule has 0 aliphatic rings. The Balaban J connectivity index is 2.27. The van der Waals surface area contributed by atoms with Gasteiger partial charge in [0, 0.05) is 21.3 Å². The Labute approximate surface area is 138 Å². The molecule has 0 aliphatic heterocycles. The molecule has 0 saturated heterocycles. The Kier molecular flexibility index (Phi) is 6.09. The number of thiophene rings is 1. The van der Waals surface area contributed by atoms with E-state index in [1.165, 1.54) is 10.4 Å². The second-order valence-electron chi connectivity index (χ2n) is 4.90. The van der Waals surface area contributed by atoms with Crippen LogP contribution in [0, 0.1) is 0 Å². The molecular weight excluding hydrogens is 354 g/mol. The van der Waals surface area contributed by atoms with Gasteiger partial charge in [-0.2, -0.15) is 0 Å². The van der Waals surface area contributed by atoms with Crippen molar-refractivity contribution in [2.24, 2.45) is 0 Å². The number of rotatable bonds is 6. The van der Waals surface area contributed by atoms with Crippen molar-refractivity contribution in [2.45, 2.75) is 32.2 Å². The summed E-state index contributed by atoms with van der Waals surface area (Å²) in [6.07, 6.45) is 1.12. The molecule has 2 rings (SSSR count). The lowest BCUT2D eigenvalue weighted by atomic mass is 9.92. The Bertz CT molecular complexity index is 521. The molecule has 0 radical (unpaired) electrons. The topological polar surface area (TPSA) is 12.0 Å². The third-order valence-electron chi connectivity index (χ3n) is 3.41. The molecule has 1 nitrogen and oxygen atoms in total. The quantitative estimate of drug-likeness (QED) is 0.655. The van der Waals surface area contributed by atoms with Crippen molar-refractivity contribution < 1.29 is 0 Å². The number of halogens is 2. The Morgan fingerprint density at radius 3 is 2.55 bits per heavy atom. The van der Waals surface area contributed by atoms with E-state index in [-0.39, 0.29) is 0 Å². The average Bonchev–Trinajstić information content (AvgIpc) is 2.79. The summed E-state index contributed by atoms with van der Waals surface area (Å²) in [4.78, 5) is 1.28. The van der Waals surface area contributed by atoms with Crippen molar-refractivity contribution in [3.8, 4) is 0 Å². The Hall–Kier alpha value is -0.350. The highest BCUT2D eigenvalue weighted by molar-refractivity contribution is 9.10. The largest absolute Gasteiger partial charge is 0.309 e. The van der Waals surface area contributed by atoms with Gasteiger partial charge in [0.1, 0.15) is 4.34 Å². The molecule has 0 aliphatic carbocycles. The maximum atomic E-state index is 6.20. The normalized spacial score (nSPS) is 14.2. The van der Waals surface area contributed by atoms with E-state index >= 15 is 0 Å². The highest BCUT2D eigenvalue weighted by Gasteiger charge is 2.22. The first-order chi connectivity index (χ1) is 9.63. The van der Waals surface area contributed by atoms with Crippen LogP contribution in [0.4, 0.5) is 0 Å². The van der Waals surface area contributed by atoms with Gasteiger partial charge in [-0.05, 0) is 40.5 Å². The molecule has 20 heavy (non-hydrogen) atoms. The van der Waals surface area contributed by atoms with Crippen LogP contribution in [0.15, 0.2) is 40.9 Å². The van der Waals surface area contributed by atoms with Crippen LogP contribution in [0.25, 0.3) is 0 Å². The summed E-state index contributed by atoms with van der Waals surface area (Å²) < 4.78 is 1.81. The molecule has 108 valence electrons. The van der Waals surface area contributed by atoms with Crippen molar-refractivity contribution in [2.75, 3.05) is 6.54 Å². The molecule has 0 spiro atoms. The zero-order chi connectivity index (χ0) is 14.5. The van der Waals surface area contributed by atoms with Gasteiger partial charge in [-0.25, -0.2) is 0 Å². The van der Waals surface area contributed by atoms with Crippen molar-refractivity contribution in [1.82, 2.24) is 5.32 Å². The molecule has 0 amide bonds. The zero-order valence-corrected chi connectivity index (χ0v) is 14.9. The summed E-state index contributed by atoms with van der Waals surface area (Å²) >= 11 is 11.4. The maximum Gasteiger partial charge on any atom is 0.107 e. The molecule has 4 heteroatoms. The fraction of sp³-hybridized carbons (Fsp3) is 0.375. The van der Waals surface area contributed by atoms with E-state index in [4.69, 9.17) is 11.6 Å². The molecule has 1 heterocycles. The van der Waals surface area contributed by atoms with Crippen LogP contribution >= 0.6 is 38.9 Å². The van der Waals surface area contributed by atoms with Gasteiger partial charge in [-0.3, -0.25) is 0 Å². The summed E-state index contributed by atoms with van der Waals surface area (Å²) in [6.45, 7) is 5.47. The fourth-order valence-corrected chi connectivity index (χ4v) is 4.21. The van der Waals surface area contributed by atoms with Crippen molar-refractivity contribution in [3.05, 3.63) is 55.6 Å². The van der Waals surface area contributed by atoms with Crippen LogP contribution in [-0.4, -0.2) is 6.54 Å². The van der Waals surface area contributed by atoms with Gasteiger partial charge in [0.15, 0.2) is 0 Å². The average molecular weight is 373 g/mol. The van der Waals surface area contributed by atoms with E-state index in [2.05, 4.69) is 71.5 Å². The predicted molar refractivity (Wildman–Crippen MR) is 92.9 cm³/mol. The van der Waals surface area contributed by atoms with Gasteiger partial charge in [0.05, 0.1) is 0 Å². The molecule has 1 aromatic heterocycles. The summed E-state index contributed by atoms with van der Waals surface area (Å²) in [5.74, 6) is 0.407. The first kappa shape index (κ1) is 16.0. The smallest absolute Gasteiger partial charge is 0.107 e. The molecule has 0 fully saturated rings. The lowest BCUT2D eigenvalue weighted by molar-refractivity contribution is 0.473. The van der Waals surface area contributed by atoms with E-state index in [0.29, 0.717) is 12.0 Å². The van der Waals surface area contributed by atoms with Crippen LogP contribution in [-0.2, 0) is 0 Å². The number of nitrogens with one attached hydrogen (secondary N) is 1. The minimum absolute atomic E-state index is 0.297. The van der Waals surface area contributed by atoms with Crippen LogP contribution in [0.1, 0.15) is 42.7 Å². The SMILES string of the molecule is CCCNC(c1cc(Br)c(Cl)s1)C(C)c1ccccc1. The second kappa shape index (κ2) is 7.60. The predicted octanol–water partition coefficient (Wildman–Crippen LogP) is 6.01. The monoisotopic (exact) mass is 371 g/mol. The van der Waals surface area contributed by atoms with Crippen LogP contribution in [0.5, 0.6) is 0 Å². The van der Waals surface area contributed by atoms with Gasteiger partial charge in [-0.1, -0.05) is 55.8 Å². The molecule has 2 unspecified atom stereocenters. The van der Waals surface area contributed by atoms with Gasteiger partial charge < -0.3 is 5.32 Å². The van der Waals surface area contributed by atoms with E-state index in [1.54, 1.807) is 11.3 Å². The lowest BCUT2D eigenvalue weighted by Crippen LogP contribution is -2.26. The summed E-state index contributed by atoms with van der Waals surface area (Å²) in [5.41, 5.74) is 1.35. The van der Waals surface area contributed by atoms with Gasteiger partial charge >= 0.3 is 0 Å². The first-order valence-electron chi connectivity index (χ1n) is 6.86. The van der Waals surface area contributed by atoms with E-state index < -0.39 is 0 Å². The number of hydrogen-bond acceptors (Lipinski definition) is 2. The van der Waals surface area contributed by atoms with Crippen molar-refractivity contribution in [3.63, 3.8) is 0 Å². The molecule has 1 aromatic carbocycles. The standard InChI is InChI=1S/C16H19BrClNS/c1-3-9-19-15(14-10-13(17)16(18)20-14)11(2)12-7-5-4-6-8-12/h4-8,10-11,15,19H,3,9H2,1-2H3. The molecule has 2 aromatic rings. The third kappa shape index (κ3) is 3.85. The van der Waals surface area contributed by atoms with E-state index in [9.17, 15) is 0 Å². The minimum atomic E-state index is 0.297. The van der Waals surface area contributed by atoms with Crippen LogP contribution in [0.3, 0.4) is 0 Å². The van der Waals surface area contributed by atoms with Gasteiger partial charge in [0.2, 0.25) is 0 Å². The summed E-state index contributed by atoms with van der Waals surface area (Å²) in [5, 5.41) is 3.66. The van der Waals surface area contributed by atoms with Gasteiger partial charge in [0.25, 0.3) is 0 Å². The highest BCUT2D eigenvalue weighted by Crippen LogP contribution is 2.40. The second-order valence-corrected chi connectivity index (χ2v) is 7.44. The van der Waals surface area contributed by atoms with E-state index in [1.807, 2.05) is 0 Å². The molecule has 1 N–H and O–H groups in total. The Morgan fingerprint density at radius 2 is 2.00 bits per heavy atom. The highest BCUT2D eigenvalue weighted by atomic mass is 79.9. The molecule has 0 saturated carbocycles. The molecular formula is C16H19BrClNS. The zero-order valence-electron chi connectivity index (χ0n) is 11.7.